The van der Waals surface area contributed by atoms with Crippen LogP contribution < -0.4 is 9.64 Å². The van der Waals surface area contributed by atoms with Crippen LogP contribution in [0.15, 0.2) is 130 Å². The molecule has 0 saturated heterocycles. The summed E-state index contributed by atoms with van der Waals surface area (Å²) in [5.74, 6) is 1.52. The summed E-state index contributed by atoms with van der Waals surface area (Å²) in [4.78, 5) is 2.30. The van der Waals surface area contributed by atoms with Crippen molar-refractivity contribution in [3.8, 4) is 5.75 Å². The van der Waals surface area contributed by atoms with Gasteiger partial charge in [0.1, 0.15) is 5.75 Å². The Morgan fingerprint density at radius 2 is 0.913 bits per heavy atom. The van der Waals surface area contributed by atoms with Gasteiger partial charge in [0.25, 0.3) is 0 Å². The molecule has 0 bridgehead atoms. The molecule has 1 unspecified atom stereocenters. The van der Waals surface area contributed by atoms with Gasteiger partial charge in [-0.25, -0.2) is 0 Å². The molecule has 1 atom stereocenters. The highest BCUT2D eigenvalue weighted by Gasteiger charge is 2.13. The Morgan fingerprint density at radius 1 is 0.543 bits per heavy atom. The normalized spacial score (nSPS) is 12.1. The van der Waals surface area contributed by atoms with Crippen molar-refractivity contribution in [3.05, 3.63) is 153 Å². The fraction of sp³-hybridized carbons (Fsp3) is 0.190. The van der Waals surface area contributed by atoms with Gasteiger partial charge >= 0.3 is 0 Å². The quantitative estimate of drug-likeness (QED) is 0.105. The van der Waals surface area contributed by atoms with Crippen molar-refractivity contribution in [2.45, 2.75) is 39.5 Å². The first-order valence-corrected chi connectivity index (χ1v) is 17.7. The summed E-state index contributed by atoms with van der Waals surface area (Å²) in [6.45, 7) is 5.28. The molecule has 5 aromatic rings. The summed E-state index contributed by atoms with van der Waals surface area (Å²) < 4.78 is 8.40. The molecule has 4 heteroatoms. The molecule has 0 fully saturated rings. The van der Waals surface area contributed by atoms with Crippen molar-refractivity contribution in [2.75, 3.05) is 11.5 Å². The zero-order chi connectivity index (χ0) is 32.1. The molecule has 0 amide bonds. The first-order chi connectivity index (χ1) is 22.5. The fourth-order valence-electron chi connectivity index (χ4n) is 5.25. The fourth-order valence-corrected chi connectivity index (χ4v) is 5.78. The molecule has 0 aliphatic heterocycles. The summed E-state index contributed by atoms with van der Waals surface area (Å²) in [6.07, 6.45) is 13.4. The zero-order valence-corrected chi connectivity index (χ0v) is 29.8. The number of ether oxygens (including phenoxy) is 1. The lowest BCUT2D eigenvalue weighted by Crippen LogP contribution is -2.12. The Morgan fingerprint density at radius 3 is 1.28 bits per heavy atom. The molecule has 0 saturated carbocycles. The highest BCUT2D eigenvalue weighted by molar-refractivity contribution is 9.10. The average Bonchev–Trinajstić information content (AvgIpc) is 3.10. The molecule has 5 aromatic carbocycles. The molecule has 46 heavy (non-hydrogen) atoms. The van der Waals surface area contributed by atoms with Gasteiger partial charge in [0, 0.05) is 26.0 Å². The molecule has 0 spiro atoms. The summed E-state index contributed by atoms with van der Waals surface area (Å²) in [6, 6.07) is 42.6. The van der Waals surface area contributed by atoms with E-state index in [-0.39, 0.29) is 0 Å². The van der Waals surface area contributed by atoms with Crippen molar-refractivity contribution in [3.63, 3.8) is 0 Å². The maximum Gasteiger partial charge on any atom is 0.119 e. The van der Waals surface area contributed by atoms with Crippen LogP contribution in [0.5, 0.6) is 5.75 Å². The van der Waals surface area contributed by atoms with Crippen LogP contribution in [0.3, 0.4) is 0 Å². The van der Waals surface area contributed by atoms with Gasteiger partial charge in [-0.3, -0.25) is 0 Å². The van der Waals surface area contributed by atoms with Crippen molar-refractivity contribution in [2.24, 2.45) is 5.92 Å². The molecule has 5 rings (SSSR count). The van der Waals surface area contributed by atoms with E-state index in [1.165, 1.54) is 30.4 Å². The van der Waals surface area contributed by atoms with Crippen LogP contribution in [0.2, 0.25) is 0 Å². The van der Waals surface area contributed by atoms with Crippen molar-refractivity contribution in [1.29, 1.82) is 0 Å². The van der Waals surface area contributed by atoms with Crippen LogP contribution in [0.25, 0.3) is 24.3 Å². The zero-order valence-electron chi connectivity index (χ0n) is 26.6. The van der Waals surface area contributed by atoms with E-state index in [0.29, 0.717) is 5.92 Å². The molecule has 234 valence electrons. The molecule has 2 nitrogen and oxygen atoms in total. The smallest absolute Gasteiger partial charge is 0.119 e. The third-order valence-electron chi connectivity index (χ3n) is 8.10. The predicted octanol–water partition coefficient (Wildman–Crippen LogP) is 13.6. The van der Waals surface area contributed by atoms with E-state index in [1.54, 1.807) is 0 Å². The Kier molecular flexibility index (Phi) is 12.5. The molecule has 0 heterocycles. The molecule has 0 aliphatic carbocycles. The van der Waals surface area contributed by atoms with Gasteiger partial charge in [-0.1, -0.05) is 138 Å². The predicted molar refractivity (Wildman–Crippen MR) is 206 cm³/mol. The third kappa shape index (κ3) is 9.82. The van der Waals surface area contributed by atoms with Gasteiger partial charge in [-0.05, 0) is 107 Å². The van der Waals surface area contributed by atoms with Crippen LogP contribution in [0.4, 0.5) is 17.1 Å². The number of rotatable bonds is 14. The number of benzene rings is 5. The van der Waals surface area contributed by atoms with Gasteiger partial charge < -0.3 is 9.64 Å². The Labute approximate surface area is 291 Å². The average molecular weight is 736 g/mol. The monoisotopic (exact) mass is 733 g/mol. The van der Waals surface area contributed by atoms with Gasteiger partial charge in [0.05, 0.1) is 6.61 Å². The van der Waals surface area contributed by atoms with Gasteiger partial charge in [0.15, 0.2) is 0 Å². The number of hydrogen-bond donors (Lipinski definition) is 0. The van der Waals surface area contributed by atoms with Gasteiger partial charge in [0.2, 0.25) is 0 Å². The van der Waals surface area contributed by atoms with Crippen LogP contribution in [-0.2, 0) is 0 Å². The van der Waals surface area contributed by atoms with Crippen molar-refractivity contribution >= 4 is 73.2 Å². The molecule has 0 aliphatic rings. The summed E-state index contributed by atoms with van der Waals surface area (Å²) >= 11 is 7.03. The Hall–Kier alpha value is -3.86. The van der Waals surface area contributed by atoms with Crippen LogP contribution in [-0.4, -0.2) is 6.61 Å². The standard InChI is InChI=1S/C42H41Br2NO/c1-3-5-6-32(4-2)31-46-42-29-27-41(28-30-42)45(39-23-15-35(16-24-39)9-7-33-11-19-37(43)20-12-33)40-25-17-36(18-26-40)10-8-34-13-21-38(44)22-14-34/h7-30,32H,3-6,31H2,1-2H3/b9-7+,10-8+. The van der Waals surface area contributed by atoms with Gasteiger partial charge in [-0.15, -0.1) is 0 Å². The lowest BCUT2D eigenvalue weighted by molar-refractivity contribution is 0.233. The summed E-state index contributed by atoms with van der Waals surface area (Å²) in [7, 11) is 0. The van der Waals surface area contributed by atoms with Crippen molar-refractivity contribution in [1.82, 2.24) is 0 Å². The maximum absolute atomic E-state index is 6.23. The molecule has 0 N–H and O–H groups in total. The number of hydrogen-bond acceptors (Lipinski definition) is 2. The maximum atomic E-state index is 6.23. The third-order valence-corrected chi connectivity index (χ3v) is 9.16. The Balaban J connectivity index is 1.37. The molecule has 0 aromatic heterocycles. The molecule has 0 radical (unpaired) electrons. The number of anilines is 3. The molecular weight excluding hydrogens is 694 g/mol. The summed E-state index contributed by atoms with van der Waals surface area (Å²) in [5, 5.41) is 0. The van der Waals surface area contributed by atoms with E-state index in [0.717, 1.165) is 55.9 Å². The lowest BCUT2D eigenvalue weighted by Gasteiger charge is -2.26. The highest BCUT2D eigenvalue weighted by atomic mass is 79.9. The number of nitrogens with zero attached hydrogens (tertiary/aromatic N) is 1. The van der Waals surface area contributed by atoms with Crippen LogP contribution >= 0.6 is 31.9 Å². The van der Waals surface area contributed by atoms with Crippen LogP contribution in [0.1, 0.15) is 61.8 Å². The second-order valence-corrected chi connectivity index (χ2v) is 13.3. The first kappa shape index (κ1) is 33.5. The number of unbranched alkanes of at least 4 members (excludes halogenated alkanes) is 1. The number of halogens is 2. The first-order valence-electron chi connectivity index (χ1n) is 16.1. The molecular formula is C42H41Br2NO. The van der Waals surface area contributed by atoms with E-state index in [9.17, 15) is 0 Å². The summed E-state index contributed by atoms with van der Waals surface area (Å²) in [5.41, 5.74) is 7.91. The lowest BCUT2D eigenvalue weighted by atomic mass is 10.0. The topological polar surface area (TPSA) is 12.5 Å². The minimum absolute atomic E-state index is 0.601. The van der Waals surface area contributed by atoms with E-state index in [2.05, 4.69) is 196 Å². The largest absolute Gasteiger partial charge is 0.493 e. The highest BCUT2D eigenvalue weighted by Crippen LogP contribution is 2.36. The van der Waals surface area contributed by atoms with Crippen molar-refractivity contribution < 1.29 is 4.74 Å². The second-order valence-electron chi connectivity index (χ2n) is 11.5. The van der Waals surface area contributed by atoms with E-state index in [1.807, 2.05) is 0 Å². The van der Waals surface area contributed by atoms with E-state index in [4.69, 9.17) is 4.74 Å². The van der Waals surface area contributed by atoms with E-state index < -0.39 is 0 Å². The second kappa shape index (κ2) is 17.2. The Bertz CT molecular complexity index is 1590. The minimum atomic E-state index is 0.601. The van der Waals surface area contributed by atoms with Crippen LogP contribution in [0, 0.1) is 5.92 Å². The minimum Gasteiger partial charge on any atom is -0.493 e. The van der Waals surface area contributed by atoms with E-state index >= 15 is 0 Å². The SMILES string of the molecule is CCCCC(CC)COc1ccc(N(c2ccc(/C=C/c3ccc(Br)cc3)cc2)c2ccc(/C=C/c3ccc(Br)cc3)cc2)cc1. The van der Waals surface area contributed by atoms with Gasteiger partial charge in [-0.2, -0.15) is 0 Å².